The lowest BCUT2D eigenvalue weighted by atomic mass is 10.2. The number of hydrogen-bond acceptors (Lipinski definition) is 3. The number of ketones is 1. The second-order valence-corrected chi connectivity index (χ2v) is 6.07. The predicted molar refractivity (Wildman–Crippen MR) is 77.7 cm³/mol. The number of hydrogen-bond donors (Lipinski definition) is 0. The number of nitrogens with zero attached hydrogens (tertiary/aromatic N) is 2. The first kappa shape index (κ1) is 13.8. The molecule has 2 aromatic rings. The predicted octanol–water partition coefficient (Wildman–Crippen LogP) is 4.31. The Hall–Kier alpha value is -0.650. The molecule has 96 valence electrons. The molecule has 0 aliphatic rings. The lowest BCUT2D eigenvalue weighted by Crippen LogP contribution is -2.11. The molecule has 0 atom stereocenters. The molecule has 2 rings (SSSR count). The highest BCUT2D eigenvalue weighted by molar-refractivity contribution is 9.10. The average Bonchev–Trinajstić information content (AvgIpc) is 2.85. The molecule has 0 N–H and O–H groups in total. The number of rotatable bonds is 4. The topological polar surface area (TPSA) is 34.9 Å². The number of aromatic nitrogens is 2. The van der Waals surface area contributed by atoms with Crippen molar-refractivity contribution >= 4 is 44.7 Å². The first-order chi connectivity index (χ1) is 8.56. The summed E-state index contributed by atoms with van der Waals surface area (Å²) in [7, 11) is 0. The quantitative estimate of drug-likeness (QED) is 0.772. The van der Waals surface area contributed by atoms with Gasteiger partial charge in [0.2, 0.25) is 5.78 Å². The maximum atomic E-state index is 12.5. The fraction of sp³-hybridized carbons (Fsp3) is 0.333. The second-order valence-electron chi connectivity index (χ2n) is 3.96. The molecule has 0 aliphatic carbocycles. The molecule has 0 bridgehead atoms. The van der Waals surface area contributed by atoms with Crippen LogP contribution in [0.1, 0.15) is 34.3 Å². The van der Waals surface area contributed by atoms with Gasteiger partial charge in [-0.3, -0.25) is 9.48 Å². The number of carbonyl (C=O) groups excluding carboxylic acids is 1. The third kappa shape index (κ3) is 2.39. The van der Waals surface area contributed by atoms with Gasteiger partial charge in [-0.25, -0.2) is 0 Å². The molecular formula is C12H12BrClN2OS. The zero-order chi connectivity index (χ0) is 13.3. The largest absolute Gasteiger partial charge is 0.286 e. The minimum absolute atomic E-state index is 0.0732. The molecule has 0 fully saturated rings. The minimum Gasteiger partial charge on any atom is -0.286 e. The van der Waals surface area contributed by atoms with Crippen LogP contribution in [0.15, 0.2) is 16.0 Å². The maximum Gasteiger partial charge on any atom is 0.223 e. The van der Waals surface area contributed by atoms with Crippen molar-refractivity contribution in [2.45, 2.75) is 26.8 Å². The summed E-state index contributed by atoms with van der Waals surface area (Å²) in [5.41, 5.74) is 1.50. The van der Waals surface area contributed by atoms with Gasteiger partial charge in [-0.1, -0.05) is 18.5 Å². The van der Waals surface area contributed by atoms with E-state index in [1.165, 1.54) is 11.3 Å². The number of aryl methyl sites for hydroxylation is 2. The number of thiophene rings is 1. The van der Waals surface area contributed by atoms with Crippen molar-refractivity contribution in [3.63, 3.8) is 0 Å². The van der Waals surface area contributed by atoms with E-state index in [1.54, 1.807) is 10.9 Å². The Kier molecular flexibility index (Phi) is 4.25. The van der Waals surface area contributed by atoms with Crippen molar-refractivity contribution in [2.75, 3.05) is 0 Å². The molecule has 0 saturated carbocycles. The van der Waals surface area contributed by atoms with Crippen molar-refractivity contribution in [3.8, 4) is 0 Å². The fourth-order valence-corrected chi connectivity index (χ4v) is 3.36. The lowest BCUT2D eigenvalue weighted by Gasteiger charge is -2.05. The van der Waals surface area contributed by atoms with Crippen LogP contribution >= 0.6 is 38.9 Å². The third-order valence-corrected chi connectivity index (χ3v) is 4.83. The summed E-state index contributed by atoms with van der Waals surface area (Å²) >= 11 is 10.9. The highest BCUT2D eigenvalue weighted by Crippen LogP contribution is 2.31. The van der Waals surface area contributed by atoms with Gasteiger partial charge in [-0.15, -0.1) is 11.3 Å². The van der Waals surface area contributed by atoms with Crippen molar-refractivity contribution in [3.05, 3.63) is 37.2 Å². The van der Waals surface area contributed by atoms with Crippen LogP contribution < -0.4 is 0 Å². The van der Waals surface area contributed by atoms with Gasteiger partial charge >= 0.3 is 0 Å². The van der Waals surface area contributed by atoms with Crippen LogP contribution in [0.2, 0.25) is 5.02 Å². The summed E-state index contributed by atoms with van der Waals surface area (Å²) in [6.45, 7) is 4.66. The van der Waals surface area contributed by atoms with Crippen LogP contribution in [0.4, 0.5) is 0 Å². The summed E-state index contributed by atoms with van der Waals surface area (Å²) in [4.78, 5) is 13.1. The van der Waals surface area contributed by atoms with Gasteiger partial charge in [0.1, 0.15) is 5.69 Å². The molecular weight excluding hydrogens is 336 g/mol. The molecule has 0 aromatic carbocycles. The number of halogens is 2. The van der Waals surface area contributed by atoms with E-state index >= 15 is 0 Å². The van der Waals surface area contributed by atoms with E-state index in [2.05, 4.69) is 21.0 Å². The lowest BCUT2D eigenvalue weighted by molar-refractivity contribution is 0.103. The maximum absolute atomic E-state index is 12.5. The highest BCUT2D eigenvalue weighted by Gasteiger charge is 2.22. The van der Waals surface area contributed by atoms with Gasteiger partial charge in [0.25, 0.3) is 0 Å². The minimum atomic E-state index is -0.0732. The van der Waals surface area contributed by atoms with Gasteiger partial charge in [0.05, 0.1) is 20.6 Å². The molecule has 18 heavy (non-hydrogen) atoms. The van der Waals surface area contributed by atoms with Crippen LogP contribution in [0.5, 0.6) is 0 Å². The van der Waals surface area contributed by atoms with E-state index in [4.69, 9.17) is 11.6 Å². The van der Waals surface area contributed by atoms with Crippen molar-refractivity contribution in [1.82, 2.24) is 9.78 Å². The van der Waals surface area contributed by atoms with E-state index in [0.717, 1.165) is 12.0 Å². The van der Waals surface area contributed by atoms with Crippen molar-refractivity contribution in [1.29, 1.82) is 0 Å². The van der Waals surface area contributed by atoms with Gasteiger partial charge in [-0.2, -0.15) is 5.10 Å². The van der Waals surface area contributed by atoms with Crippen LogP contribution in [0.25, 0.3) is 0 Å². The molecule has 2 aromatic heterocycles. The molecule has 2 heterocycles. The first-order valence-electron chi connectivity index (χ1n) is 5.55. The van der Waals surface area contributed by atoms with E-state index in [0.29, 0.717) is 26.6 Å². The molecule has 0 radical (unpaired) electrons. The Bertz CT molecular complexity index is 591. The van der Waals surface area contributed by atoms with Crippen molar-refractivity contribution < 1.29 is 4.79 Å². The van der Waals surface area contributed by atoms with Crippen LogP contribution in [0.3, 0.4) is 0 Å². The Labute approximate surface area is 123 Å². The van der Waals surface area contributed by atoms with Gasteiger partial charge in [0, 0.05) is 6.54 Å². The fourth-order valence-electron chi connectivity index (χ4n) is 1.66. The van der Waals surface area contributed by atoms with E-state index in [1.807, 2.05) is 19.2 Å². The van der Waals surface area contributed by atoms with Gasteiger partial charge < -0.3 is 0 Å². The summed E-state index contributed by atoms with van der Waals surface area (Å²) < 4.78 is 2.43. The Morgan fingerprint density at radius 3 is 2.89 bits per heavy atom. The zero-order valence-electron chi connectivity index (χ0n) is 10.0. The molecule has 0 aliphatic heterocycles. The summed E-state index contributed by atoms with van der Waals surface area (Å²) in [5.74, 6) is -0.0732. The molecule has 0 unspecified atom stereocenters. The summed E-state index contributed by atoms with van der Waals surface area (Å²) in [6.07, 6.45) is 2.57. The third-order valence-electron chi connectivity index (χ3n) is 2.55. The normalized spacial score (nSPS) is 10.9. The van der Waals surface area contributed by atoms with Crippen LogP contribution in [-0.2, 0) is 6.54 Å². The monoisotopic (exact) mass is 346 g/mol. The van der Waals surface area contributed by atoms with Crippen LogP contribution in [-0.4, -0.2) is 15.6 Å². The molecule has 0 saturated heterocycles. The summed E-state index contributed by atoms with van der Waals surface area (Å²) in [6, 6.07) is 0. The van der Waals surface area contributed by atoms with Crippen LogP contribution in [0, 0.1) is 6.92 Å². The molecule has 6 heteroatoms. The van der Waals surface area contributed by atoms with Crippen molar-refractivity contribution in [2.24, 2.45) is 0 Å². The van der Waals surface area contributed by atoms with E-state index in [9.17, 15) is 4.79 Å². The Morgan fingerprint density at radius 2 is 2.33 bits per heavy atom. The van der Waals surface area contributed by atoms with E-state index < -0.39 is 0 Å². The molecule has 0 amide bonds. The Balaban J connectivity index is 2.45. The van der Waals surface area contributed by atoms with E-state index in [-0.39, 0.29) is 5.78 Å². The summed E-state index contributed by atoms with van der Waals surface area (Å²) in [5, 5.41) is 6.63. The Morgan fingerprint density at radius 1 is 1.61 bits per heavy atom. The smallest absolute Gasteiger partial charge is 0.223 e. The van der Waals surface area contributed by atoms with Gasteiger partial charge in [0.15, 0.2) is 0 Å². The standard InChI is InChI=1S/C12H12BrClN2OS/c1-3-4-16-10(8(13)5-15-16)11(17)12-9(14)7(2)6-18-12/h5-6H,3-4H2,1-2H3. The first-order valence-corrected chi connectivity index (χ1v) is 7.61. The van der Waals surface area contributed by atoms with Gasteiger partial charge in [-0.05, 0) is 40.2 Å². The second kappa shape index (κ2) is 5.55. The average molecular weight is 348 g/mol. The zero-order valence-corrected chi connectivity index (χ0v) is 13.2. The SMILES string of the molecule is CCCn1ncc(Br)c1C(=O)c1scc(C)c1Cl. The molecule has 0 spiro atoms. The molecule has 3 nitrogen and oxygen atoms in total. The number of carbonyl (C=O) groups is 1. The highest BCUT2D eigenvalue weighted by atomic mass is 79.9.